The van der Waals surface area contributed by atoms with Gasteiger partial charge in [0, 0.05) is 18.0 Å². The van der Waals surface area contributed by atoms with Gasteiger partial charge in [-0.15, -0.1) is 0 Å². The lowest BCUT2D eigenvalue weighted by Gasteiger charge is -2.20. The number of aryl methyl sites for hydroxylation is 2. The monoisotopic (exact) mass is 244 g/mol. The Morgan fingerprint density at radius 2 is 2.11 bits per heavy atom. The zero-order chi connectivity index (χ0) is 13.0. The molecule has 2 aromatic rings. The first-order valence-electron chi connectivity index (χ1n) is 6.42. The summed E-state index contributed by atoms with van der Waals surface area (Å²) in [6.07, 6.45) is 6.62. The Bertz CT molecular complexity index is 505. The Balaban J connectivity index is 2.37. The Labute approximate surface area is 108 Å². The van der Waals surface area contributed by atoms with Gasteiger partial charge in [0.25, 0.3) is 0 Å². The molecule has 1 atom stereocenters. The topological polar surface area (TPSA) is 38.1 Å². The second-order valence-electron chi connectivity index (χ2n) is 4.55. The molecule has 96 valence electrons. The Kier molecular flexibility index (Phi) is 4.15. The van der Waals surface area contributed by atoms with E-state index in [-0.39, 0.29) is 6.04 Å². The van der Waals surface area contributed by atoms with Crippen LogP contribution in [-0.2, 0) is 0 Å². The summed E-state index contributed by atoms with van der Waals surface area (Å²) in [5.74, 6) is 0.965. The number of aromatic nitrogens is 1. The van der Waals surface area contributed by atoms with E-state index in [0.29, 0.717) is 0 Å². The van der Waals surface area contributed by atoms with Crippen molar-refractivity contribution in [3.63, 3.8) is 0 Å². The molecule has 1 unspecified atom stereocenters. The molecule has 3 nitrogen and oxygen atoms in total. The van der Waals surface area contributed by atoms with Crippen LogP contribution in [0.15, 0.2) is 35.2 Å². The van der Waals surface area contributed by atoms with Crippen LogP contribution in [0.3, 0.4) is 0 Å². The molecule has 0 radical (unpaired) electrons. The third-order valence-corrected chi connectivity index (χ3v) is 3.20. The van der Waals surface area contributed by atoms with Crippen LogP contribution < -0.4 is 5.32 Å². The predicted octanol–water partition coefficient (Wildman–Crippen LogP) is 3.38. The van der Waals surface area contributed by atoms with E-state index < -0.39 is 0 Å². The molecule has 0 saturated heterocycles. The van der Waals surface area contributed by atoms with Gasteiger partial charge in [0.15, 0.2) is 0 Å². The van der Waals surface area contributed by atoms with Crippen molar-refractivity contribution in [2.45, 2.75) is 33.2 Å². The highest BCUT2D eigenvalue weighted by Gasteiger charge is 2.19. The second kappa shape index (κ2) is 5.83. The summed E-state index contributed by atoms with van der Waals surface area (Å²) in [4.78, 5) is 4.24. The molecular weight excluding hydrogens is 224 g/mol. The van der Waals surface area contributed by atoms with Gasteiger partial charge in [-0.1, -0.05) is 6.92 Å². The minimum atomic E-state index is 0.164. The molecule has 0 aliphatic carbocycles. The molecule has 2 rings (SSSR count). The van der Waals surface area contributed by atoms with E-state index in [4.69, 9.17) is 4.42 Å². The summed E-state index contributed by atoms with van der Waals surface area (Å²) < 4.78 is 5.43. The molecular formula is C15H20N2O. The van der Waals surface area contributed by atoms with E-state index in [9.17, 15) is 0 Å². The largest absolute Gasteiger partial charge is 0.469 e. The van der Waals surface area contributed by atoms with Gasteiger partial charge in [-0.3, -0.25) is 4.98 Å². The van der Waals surface area contributed by atoms with Crippen LogP contribution in [-0.4, -0.2) is 11.5 Å². The van der Waals surface area contributed by atoms with Crippen molar-refractivity contribution in [1.82, 2.24) is 10.3 Å². The summed E-state index contributed by atoms with van der Waals surface area (Å²) >= 11 is 0. The van der Waals surface area contributed by atoms with Crippen LogP contribution in [0, 0.1) is 13.8 Å². The summed E-state index contributed by atoms with van der Waals surface area (Å²) in [7, 11) is 0. The van der Waals surface area contributed by atoms with Gasteiger partial charge >= 0.3 is 0 Å². The van der Waals surface area contributed by atoms with Gasteiger partial charge in [-0.2, -0.15) is 0 Å². The zero-order valence-corrected chi connectivity index (χ0v) is 11.2. The molecule has 0 aliphatic rings. The van der Waals surface area contributed by atoms with E-state index in [1.807, 2.05) is 31.5 Å². The lowest BCUT2D eigenvalue weighted by Crippen LogP contribution is -2.24. The van der Waals surface area contributed by atoms with Gasteiger partial charge in [0.1, 0.15) is 5.76 Å². The smallest absolute Gasteiger partial charge is 0.105 e. The van der Waals surface area contributed by atoms with Gasteiger partial charge in [-0.05, 0) is 50.1 Å². The number of furan rings is 1. The molecule has 2 heterocycles. The summed E-state index contributed by atoms with van der Waals surface area (Å²) in [5.41, 5.74) is 3.66. The van der Waals surface area contributed by atoms with Gasteiger partial charge in [-0.25, -0.2) is 0 Å². The van der Waals surface area contributed by atoms with Gasteiger partial charge in [0.05, 0.1) is 12.3 Å². The van der Waals surface area contributed by atoms with E-state index >= 15 is 0 Å². The Hall–Kier alpha value is -1.61. The molecule has 18 heavy (non-hydrogen) atoms. The first kappa shape index (κ1) is 12.8. The van der Waals surface area contributed by atoms with Gasteiger partial charge < -0.3 is 9.73 Å². The van der Waals surface area contributed by atoms with Crippen LogP contribution in [0.1, 0.15) is 41.8 Å². The molecule has 0 spiro atoms. The van der Waals surface area contributed by atoms with E-state index in [0.717, 1.165) is 18.7 Å². The molecule has 0 fully saturated rings. The number of hydrogen-bond donors (Lipinski definition) is 1. The molecule has 0 aromatic carbocycles. The molecule has 0 aliphatic heterocycles. The fourth-order valence-electron chi connectivity index (χ4n) is 2.15. The molecule has 3 heteroatoms. The SMILES string of the molecule is CCCNC(c1cnccc1C)c1ccoc1C. The third-order valence-electron chi connectivity index (χ3n) is 3.20. The molecule has 1 N–H and O–H groups in total. The summed E-state index contributed by atoms with van der Waals surface area (Å²) in [5, 5.41) is 3.57. The minimum absolute atomic E-state index is 0.164. The predicted molar refractivity (Wildman–Crippen MR) is 72.6 cm³/mol. The average Bonchev–Trinajstić information content (AvgIpc) is 2.78. The second-order valence-corrected chi connectivity index (χ2v) is 4.55. The first-order chi connectivity index (χ1) is 8.74. The summed E-state index contributed by atoms with van der Waals surface area (Å²) in [6.45, 7) is 7.26. The fraction of sp³-hybridized carbons (Fsp3) is 0.400. The minimum Gasteiger partial charge on any atom is -0.469 e. The Morgan fingerprint density at radius 3 is 2.72 bits per heavy atom. The van der Waals surface area contributed by atoms with Crippen LogP contribution in [0.2, 0.25) is 0 Å². The van der Waals surface area contributed by atoms with Crippen molar-refractivity contribution in [3.8, 4) is 0 Å². The maximum Gasteiger partial charge on any atom is 0.105 e. The van der Waals surface area contributed by atoms with Crippen molar-refractivity contribution in [2.75, 3.05) is 6.54 Å². The highest BCUT2D eigenvalue weighted by Crippen LogP contribution is 2.27. The van der Waals surface area contributed by atoms with Crippen LogP contribution >= 0.6 is 0 Å². The fourth-order valence-corrected chi connectivity index (χ4v) is 2.15. The number of nitrogens with one attached hydrogen (secondary N) is 1. The van der Waals surface area contributed by atoms with Crippen molar-refractivity contribution in [2.24, 2.45) is 0 Å². The third kappa shape index (κ3) is 2.62. The van der Waals surface area contributed by atoms with Crippen LogP contribution in [0.25, 0.3) is 0 Å². The van der Waals surface area contributed by atoms with Crippen molar-refractivity contribution in [3.05, 3.63) is 53.2 Å². The lowest BCUT2D eigenvalue weighted by atomic mass is 9.97. The lowest BCUT2D eigenvalue weighted by molar-refractivity contribution is 0.516. The van der Waals surface area contributed by atoms with E-state index in [2.05, 4.69) is 24.1 Å². The zero-order valence-electron chi connectivity index (χ0n) is 11.2. The highest BCUT2D eigenvalue weighted by atomic mass is 16.3. The Morgan fingerprint density at radius 1 is 1.28 bits per heavy atom. The van der Waals surface area contributed by atoms with Crippen LogP contribution in [0.4, 0.5) is 0 Å². The van der Waals surface area contributed by atoms with Crippen molar-refractivity contribution < 1.29 is 4.42 Å². The maximum absolute atomic E-state index is 5.43. The van der Waals surface area contributed by atoms with Crippen LogP contribution in [0.5, 0.6) is 0 Å². The number of rotatable bonds is 5. The number of pyridine rings is 1. The highest BCUT2D eigenvalue weighted by molar-refractivity contribution is 5.35. The average molecular weight is 244 g/mol. The van der Waals surface area contributed by atoms with Gasteiger partial charge in [0.2, 0.25) is 0 Å². The van der Waals surface area contributed by atoms with Crippen molar-refractivity contribution in [1.29, 1.82) is 0 Å². The summed E-state index contributed by atoms with van der Waals surface area (Å²) in [6, 6.07) is 4.25. The standard InChI is InChI=1S/C15H20N2O/c1-4-7-17-15(13-6-9-18-12(13)3)14-10-16-8-5-11(14)2/h5-6,8-10,15,17H,4,7H2,1-3H3. The first-order valence-corrected chi connectivity index (χ1v) is 6.42. The molecule has 0 saturated carbocycles. The quantitative estimate of drug-likeness (QED) is 0.876. The molecule has 2 aromatic heterocycles. The van der Waals surface area contributed by atoms with E-state index in [1.165, 1.54) is 16.7 Å². The maximum atomic E-state index is 5.43. The number of hydrogen-bond acceptors (Lipinski definition) is 3. The normalized spacial score (nSPS) is 12.6. The van der Waals surface area contributed by atoms with Crippen molar-refractivity contribution >= 4 is 0 Å². The molecule has 0 amide bonds. The van der Waals surface area contributed by atoms with E-state index in [1.54, 1.807) is 6.26 Å². The number of nitrogens with zero attached hydrogens (tertiary/aromatic N) is 1. The molecule has 0 bridgehead atoms.